The smallest absolute Gasteiger partial charge is 0.410 e. The molecule has 3 amide bonds. The number of piperazine rings is 1. The molecule has 3 fully saturated rings. The van der Waals surface area contributed by atoms with E-state index in [1.54, 1.807) is 17.4 Å². The molecule has 192 valence electrons. The molecule has 3 atom stereocenters. The molecule has 0 bridgehead atoms. The summed E-state index contributed by atoms with van der Waals surface area (Å²) >= 11 is 0. The highest BCUT2D eigenvalue weighted by Crippen LogP contribution is 2.34. The van der Waals surface area contributed by atoms with E-state index in [0.29, 0.717) is 25.9 Å². The van der Waals surface area contributed by atoms with Crippen LogP contribution in [0.4, 0.5) is 10.5 Å². The summed E-state index contributed by atoms with van der Waals surface area (Å²) in [5.74, 6) is -1.91. The molecule has 3 aliphatic rings. The summed E-state index contributed by atoms with van der Waals surface area (Å²) in [7, 11) is 1.78. The first-order valence-corrected chi connectivity index (χ1v) is 12.9. The summed E-state index contributed by atoms with van der Waals surface area (Å²) in [6.45, 7) is 2.63. The number of ether oxygens (including phenoxy) is 1. The van der Waals surface area contributed by atoms with Crippen molar-refractivity contribution in [3.05, 3.63) is 30.3 Å². The van der Waals surface area contributed by atoms with E-state index >= 15 is 0 Å². The highest BCUT2D eigenvalue weighted by Gasteiger charge is 2.43. The van der Waals surface area contributed by atoms with Gasteiger partial charge in [0.25, 0.3) is 0 Å². The molecule has 4 rings (SSSR count). The van der Waals surface area contributed by atoms with Crippen molar-refractivity contribution in [2.45, 2.75) is 63.5 Å². The number of benzene rings is 1. The fourth-order valence-corrected chi connectivity index (χ4v) is 5.81. The van der Waals surface area contributed by atoms with Gasteiger partial charge in [-0.2, -0.15) is 0 Å². The van der Waals surface area contributed by atoms with Crippen LogP contribution in [0.1, 0.15) is 51.4 Å². The third kappa shape index (κ3) is 6.07. The van der Waals surface area contributed by atoms with Gasteiger partial charge >= 0.3 is 6.09 Å². The molecule has 9 nitrogen and oxygen atoms in total. The third-order valence-electron chi connectivity index (χ3n) is 7.96. The summed E-state index contributed by atoms with van der Waals surface area (Å²) in [4.78, 5) is 44.4. The van der Waals surface area contributed by atoms with Gasteiger partial charge in [0.2, 0.25) is 11.8 Å². The summed E-state index contributed by atoms with van der Waals surface area (Å²) in [6.07, 6.45) is 5.80. The number of nitrogens with one attached hydrogen (secondary N) is 1. The topological polar surface area (TPSA) is 102 Å². The molecule has 9 heteroatoms. The lowest BCUT2D eigenvalue weighted by atomic mass is 9.76. The van der Waals surface area contributed by atoms with Crippen molar-refractivity contribution < 1.29 is 24.3 Å². The summed E-state index contributed by atoms with van der Waals surface area (Å²) in [5.41, 5.74) is 2.87. The van der Waals surface area contributed by atoms with Crippen LogP contribution in [-0.2, 0) is 14.3 Å². The second-order valence-corrected chi connectivity index (χ2v) is 10.1. The molecule has 1 aliphatic heterocycles. The molecule has 1 saturated heterocycles. The first-order chi connectivity index (χ1) is 17.0. The average molecular weight is 487 g/mol. The molecule has 2 N–H and O–H groups in total. The maximum atomic E-state index is 13.4. The van der Waals surface area contributed by atoms with E-state index in [4.69, 9.17) is 4.74 Å². The average Bonchev–Trinajstić information content (AvgIpc) is 2.92. The maximum Gasteiger partial charge on any atom is 0.410 e. The Hall–Kier alpha value is -2.81. The Balaban J connectivity index is 1.33. The number of carbonyl (C=O) groups is 3. The van der Waals surface area contributed by atoms with E-state index in [1.807, 2.05) is 23.1 Å². The maximum absolute atomic E-state index is 13.4. The van der Waals surface area contributed by atoms with E-state index in [9.17, 15) is 19.6 Å². The van der Waals surface area contributed by atoms with Gasteiger partial charge in [-0.25, -0.2) is 10.3 Å². The number of nitrogens with zero attached hydrogens (tertiary/aromatic N) is 3. The number of rotatable bonds is 5. The van der Waals surface area contributed by atoms with Crippen molar-refractivity contribution in [3.63, 3.8) is 0 Å². The zero-order chi connectivity index (χ0) is 24.8. The number of carbonyl (C=O) groups excluding carboxylic acids is 3. The van der Waals surface area contributed by atoms with Crippen molar-refractivity contribution in [3.8, 4) is 0 Å². The van der Waals surface area contributed by atoms with Crippen molar-refractivity contribution in [1.82, 2.24) is 15.3 Å². The Labute approximate surface area is 207 Å². The summed E-state index contributed by atoms with van der Waals surface area (Å²) in [6, 6.07) is 10.3. The molecular weight excluding hydrogens is 448 g/mol. The van der Waals surface area contributed by atoms with Gasteiger partial charge in [-0.05, 0) is 44.2 Å². The molecule has 2 saturated carbocycles. The monoisotopic (exact) mass is 486 g/mol. The van der Waals surface area contributed by atoms with Gasteiger partial charge in [0, 0.05) is 45.0 Å². The first kappa shape index (κ1) is 25.3. The van der Waals surface area contributed by atoms with Gasteiger partial charge < -0.3 is 19.4 Å². The lowest BCUT2D eigenvalue weighted by Crippen LogP contribution is -2.53. The van der Waals surface area contributed by atoms with Crippen LogP contribution in [0.2, 0.25) is 0 Å². The Morgan fingerprint density at radius 3 is 2.29 bits per heavy atom. The van der Waals surface area contributed by atoms with Crippen molar-refractivity contribution in [1.29, 1.82) is 0 Å². The van der Waals surface area contributed by atoms with Crippen LogP contribution >= 0.6 is 0 Å². The molecule has 0 radical (unpaired) electrons. The van der Waals surface area contributed by atoms with E-state index in [0.717, 1.165) is 44.5 Å². The van der Waals surface area contributed by atoms with Crippen molar-refractivity contribution >= 4 is 23.6 Å². The normalized spacial score (nSPS) is 25.6. The standard InChI is InChI=1S/C26H38N4O5/c1-28(19-8-4-2-5-9-19)26(33)35-21-12-13-22(23(18-21)24(31)27-34)25(32)30-16-14-29(15-17-30)20-10-6-3-7-11-20/h3,6-7,10-11,19,21-23,34H,2,4-5,8-9,12-18H2,1H3,(H,27,31)/t21?,22-,23?/m0/s1. The molecule has 2 aliphatic carbocycles. The van der Waals surface area contributed by atoms with E-state index in [-0.39, 0.29) is 24.5 Å². The first-order valence-electron chi connectivity index (χ1n) is 12.9. The van der Waals surface area contributed by atoms with Crippen LogP contribution in [-0.4, -0.2) is 78.3 Å². The van der Waals surface area contributed by atoms with Gasteiger partial charge in [0.15, 0.2) is 0 Å². The summed E-state index contributed by atoms with van der Waals surface area (Å²) in [5, 5.41) is 9.34. The minimum absolute atomic E-state index is 0.0598. The zero-order valence-corrected chi connectivity index (χ0v) is 20.6. The predicted molar refractivity (Wildman–Crippen MR) is 131 cm³/mol. The van der Waals surface area contributed by atoms with Crippen LogP contribution < -0.4 is 10.4 Å². The van der Waals surface area contributed by atoms with Gasteiger partial charge in [-0.15, -0.1) is 0 Å². The quantitative estimate of drug-likeness (QED) is 0.490. The second-order valence-electron chi connectivity index (χ2n) is 10.1. The largest absolute Gasteiger partial charge is 0.446 e. The number of anilines is 1. The fourth-order valence-electron chi connectivity index (χ4n) is 5.81. The minimum Gasteiger partial charge on any atom is -0.446 e. The molecule has 1 heterocycles. The van der Waals surface area contributed by atoms with E-state index in [1.165, 1.54) is 6.42 Å². The Morgan fingerprint density at radius 2 is 1.63 bits per heavy atom. The summed E-state index contributed by atoms with van der Waals surface area (Å²) < 4.78 is 5.76. The van der Waals surface area contributed by atoms with Crippen molar-refractivity contribution in [2.75, 3.05) is 38.1 Å². The zero-order valence-electron chi connectivity index (χ0n) is 20.6. The van der Waals surface area contributed by atoms with Gasteiger partial charge in [0.1, 0.15) is 6.10 Å². The molecule has 35 heavy (non-hydrogen) atoms. The third-order valence-corrected chi connectivity index (χ3v) is 7.96. The predicted octanol–water partition coefficient (Wildman–Crippen LogP) is 3.03. The van der Waals surface area contributed by atoms with Crippen LogP contribution in [0.15, 0.2) is 30.3 Å². The molecular formula is C26H38N4O5. The number of para-hydroxylation sites is 1. The van der Waals surface area contributed by atoms with Crippen LogP contribution in [0.3, 0.4) is 0 Å². The Morgan fingerprint density at radius 1 is 0.943 bits per heavy atom. The fraction of sp³-hybridized carbons (Fsp3) is 0.654. The SMILES string of the molecule is CN(C(=O)OC1CC[C@H](C(=O)N2CCN(c3ccccc3)CC2)C(C(=O)NO)C1)C1CCCCC1. The molecule has 2 unspecified atom stereocenters. The van der Waals surface area contributed by atoms with Crippen LogP contribution in [0.5, 0.6) is 0 Å². The lowest BCUT2D eigenvalue weighted by molar-refractivity contribution is -0.149. The number of hydroxylamine groups is 1. The Kier molecular flexibility index (Phi) is 8.49. The minimum atomic E-state index is -0.730. The van der Waals surface area contributed by atoms with Crippen molar-refractivity contribution in [2.24, 2.45) is 11.8 Å². The van der Waals surface area contributed by atoms with E-state index < -0.39 is 23.8 Å². The number of hydrogen-bond acceptors (Lipinski definition) is 6. The molecule has 1 aromatic carbocycles. The van der Waals surface area contributed by atoms with Gasteiger partial charge in [0.05, 0.1) is 11.8 Å². The van der Waals surface area contributed by atoms with Gasteiger partial charge in [-0.1, -0.05) is 37.5 Å². The molecule has 0 aromatic heterocycles. The highest BCUT2D eigenvalue weighted by molar-refractivity contribution is 5.87. The second kappa shape index (κ2) is 11.7. The molecule has 0 spiro atoms. The number of amides is 3. The lowest BCUT2D eigenvalue weighted by Gasteiger charge is -2.41. The van der Waals surface area contributed by atoms with Crippen LogP contribution in [0.25, 0.3) is 0 Å². The number of hydrogen-bond donors (Lipinski definition) is 2. The van der Waals surface area contributed by atoms with E-state index in [2.05, 4.69) is 17.0 Å². The molecule has 1 aromatic rings. The highest BCUT2D eigenvalue weighted by atomic mass is 16.6. The Bertz CT molecular complexity index is 868. The van der Waals surface area contributed by atoms with Gasteiger partial charge in [-0.3, -0.25) is 14.8 Å². The van der Waals surface area contributed by atoms with Crippen LogP contribution in [0, 0.1) is 11.8 Å².